The van der Waals surface area contributed by atoms with Crippen molar-refractivity contribution in [1.29, 1.82) is 0 Å². The molecule has 0 fully saturated rings. The molecule has 1 rings (SSSR count). The van der Waals surface area contributed by atoms with Crippen LogP contribution in [0.25, 0.3) is 0 Å². The van der Waals surface area contributed by atoms with Gasteiger partial charge in [0.25, 0.3) is 0 Å². The number of amides is 3. The van der Waals surface area contributed by atoms with Gasteiger partial charge in [0.2, 0.25) is 11.8 Å². The molecule has 0 aromatic heterocycles. The molecule has 11 nitrogen and oxygen atoms in total. The van der Waals surface area contributed by atoms with Gasteiger partial charge in [-0.05, 0) is 37.2 Å². The number of hydrogen-bond donors (Lipinski definition) is 3. The van der Waals surface area contributed by atoms with E-state index >= 15 is 0 Å². The predicted octanol–water partition coefficient (Wildman–Crippen LogP) is 3.25. The first kappa shape index (κ1) is 34.4. The van der Waals surface area contributed by atoms with Gasteiger partial charge in [-0.3, -0.25) is 14.4 Å². The Labute approximate surface area is 237 Å². The first-order valence-corrected chi connectivity index (χ1v) is 13.9. The second kappa shape index (κ2) is 18.6. The summed E-state index contributed by atoms with van der Waals surface area (Å²) in [6.07, 6.45) is 0.581. The van der Waals surface area contributed by atoms with Crippen molar-refractivity contribution in [2.45, 2.75) is 92.0 Å². The summed E-state index contributed by atoms with van der Waals surface area (Å²) in [5.41, 5.74) is 0.794. The number of esters is 2. The lowest BCUT2D eigenvalue weighted by Crippen LogP contribution is -2.57. The topological polar surface area (TPSA) is 149 Å². The summed E-state index contributed by atoms with van der Waals surface area (Å²) in [6, 6.07) is 5.81. The summed E-state index contributed by atoms with van der Waals surface area (Å²) >= 11 is 0. The lowest BCUT2D eigenvalue weighted by atomic mass is 9.99. The smallest absolute Gasteiger partial charge is 0.408 e. The molecule has 1 aromatic rings. The third-order valence-corrected chi connectivity index (χ3v) is 5.79. The maximum Gasteiger partial charge on any atom is 0.408 e. The summed E-state index contributed by atoms with van der Waals surface area (Å²) in [4.78, 5) is 63.6. The van der Waals surface area contributed by atoms with Crippen LogP contribution in [0.2, 0.25) is 0 Å². The zero-order valence-electron chi connectivity index (χ0n) is 24.5. The molecule has 224 valence electrons. The standard InChI is InChI=1S/C29H45N3O8/c1-7-9-15-39-24(33)17-23(28(36)38-8-2)31-26(34)22(16-19(3)4)30-27(35)25(20(5)6)32-29(37)40-18-21-13-11-10-12-14-21/h10-14,19-20,22-23,25H,7-9,15-18H2,1-6H3,(H,30,35)(H,31,34)(H,32,37)/t22-,23-,25-/m0/s1. The van der Waals surface area contributed by atoms with Gasteiger partial charge < -0.3 is 30.2 Å². The molecule has 3 amide bonds. The van der Waals surface area contributed by atoms with E-state index in [1.807, 2.05) is 51.1 Å². The number of hydrogen-bond acceptors (Lipinski definition) is 8. The first-order valence-electron chi connectivity index (χ1n) is 13.9. The van der Waals surface area contributed by atoms with Crippen LogP contribution in [0.15, 0.2) is 30.3 Å². The van der Waals surface area contributed by atoms with Gasteiger partial charge in [0.1, 0.15) is 24.7 Å². The normalized spacial score (nSPS) is 13.1. The van der Waals surface area contributed by atoms with Crippen molar-refractivity contribution in [1.82, 2.24) is 16.0 Å². The Kier molecular flexibility index (Phi) is 16.0. The minimum absolute atomic E-state index is 0.00241. The summed E-state index contributed by atoms with van der Waals surface area (Å²) in [5.74, 6) is -2.99. The van der Waals surface area contributed by atoms with E-state index in [2.05, 4.69) is 16.0 Å². The zero-order chi connectivity index (χ0) is 30.1. The molecule has 3 atom stereocenters. The second-order valence-electron chi connectivity index (χ2n) is 10.2. The van der Waals surface area contributed by atoms with Crippen LogP contribution in [0.3, 0.4) is 0 Å². The van der Waals surface area contributed by atoms with Crippen molar-refractivity contribution in [2.75, 3.05) is 13.2 Å². The van der Waals surface area contributed by atoms with Crippen molar-refractivity contribution in [3.63, 3.8) is 0 Å². The van der Waals surface area contributed by atoms with Crippen LogP contribution >= 0.6 is 0 Å². The number of alkyl carbamates (subject to hydrolysis) is 1. The molecule has 40 heavy (non-hydrogen) atoms. The minimum atomic E-state index is -1.28. The SMILES string of the molecule is CCCCOC(=O)C[C@H](NC(=O)[C@H](CC(C)C)NC(=O)[C@@H](NC(=O)OCc1ccccc1)C(C)C)C(=O)OCC. The fourth-order valence-electron chi connectivity index (χ4n) is 3.66. The maximum absolute atomic E-state index is 13.3. The van der Waals surface area contributed by atoms with Gasteiger partial charge in [0.15, 0.2) is 0 Å². The Balaban J connectivity index is 2.92. The summed E-state index contributed by atoms with van der Waals surface area (Å²) in [6.45, 7) is 11.1. The Morgan fingerprint density at radius 2 is 1.45 bits per heavy atom. The number of nitrogens with one attached hydrogen (secondary N) is 3. The summed E-state index contributed by atoms with van der Waals surface area (Å²) in [5, 5.41) is 7.80. The number of carbonyl (C=O) groups is 5. The minimum Gasteiger partial charge on any atom is -0.466 e. The Hall–Kier alpha value is -3.63. The Bertz CT molecular complexity index is 952. The highest BCUT2D eigenvalue weighted by Crippen LogP contribution is 2.10. The van der Waals surface area contributed by atoms with Crippen molar-refractivity contribution < 1.29 is 38.2 Å². The van der Waals surface area contributed by atoms with Gasteiger partial charge in [-0.15, -0.1) is 0 Å². The van der Waals surface area contributed by atoms with E-state index < -0.39 is 54.4 Å². The van der Waals surface area contributed by atoms with E-state index in [9.17, 15) is 24.0 Å². The molecule has 0 spiro atoms. The van der Waals surface area contributed by atoms with E-state index in [0.717, 1.165) is 12.0 Å². The predicted molar refractivity (Wildman–Crippen MR) is 149 cm³/mol. The van der Waals surface area contributed by atoms with Gasteiger partial charge in [-0.25, -0.2) is 9.59 Å². The largest absolute Gasteiger partial charge is 0.466 e. The number of ether oxygens (including phenoxy) is 3. The highest BCUT2D eigenvalue weighted by Gasteiger charge is 2.33. The van der Waals surface area contributed by atoms with Crippen molar-refractivity contribution in [2.24, 2.45) is 11.8 Å². The highest BCUT2D eigenvalue weighted by atomic mass is 16.6. The van der Waals surface area contributed by atoms with Crippen LogP contribution in [-0.4, -0.2) is 61.2 Å². The van der Waals surface area contributed by atoms with Crippen molar-refractivity contribution in [3.05, 3.63) is 35.9 Å². The summed E-state index contributed by atoms with van der Waals surface area (Å²) in [7, 11) is 0. The Morgan fingerprint density at radius 3 is 2.02 bits per heavy atom. The van der Waals surface area contributed by atoms with Gasteiger partial charge in [-0.2, -0.15) is 0 Å². The third-order valence-electron chi connectivity index (χ3n) is 5.79. The molecule has 0 unspecified atom stereocenters. The molecule has 11 heteroatoms. The van der Waals surface area contributed by atoms with Gasteiger partial charge in [-0.1, -0.05) is 71.4 Å². The molecule has 1 aromatic carbocycles. The third kappa shape index (κ3) is 13.4. The lowest BCUT2D eigenvalue weighted by molar-refractivity contribution is -0.153. The molecule has 0 aliphatic rings. The molecule has 0 bridgehead atoms. The van der Waals surface area contributed by atoms with Crippen LogP contribution in [0.4, 0.5) is 4.79 Å². The molecular weight excluding hydrogens is 518 g/mol. The molecule has 0 heterocycles. The van der Waals surface area contributed by atoms with Crippen LogP contribution in [0.5, 0.6) is 0 Å². The fourth-order valence-corrected chi connectivity index (χ4v) is 3.66. The molecular formula is C29H45N3O8. The zero-order valence-corrected chi connectivity index (χ0v) is 24.5. The van der Waals surface area contributed by atoms with Crippen LogP contribution in [0, 0.1) is 11.8 Å². The monoisotopic (exact) mass is 563 g/mol. The van der Waals surface area contributed by atoms with E-state index in [-0.39, 0.29) is 38.1 Å². The number of carbonyl (C=O) groups excluding carboxylic acids is 5. The average molecular weight is 564 g/mol. The second-order valence-corrected chi connectivity index (χ2v) is 10.2. The van der Waals surface area contributed by atoms with Crippen LogP contribution in [0.1, 0.15) is 72.8 Å². The maximum atomic E-state index is 13.3. The van der Waals surface area contributed by atoms with Crippen molar-refractivity contribution >= 4 is 29.8 Å². The summed E-state index contributed by atoms with van der Waals surface area (Å²) < 4.78 is 15.4. The van der Waals surface area contributed by atoms with E-state index in [4.69, 9.17) is 14.2 Å². The number of rotatable bonds is 17. The average Bonchev–Trinajstić information content (AvgIpc) is 2.90. The molecule has 0 aliphatic carbocycles. The highest BCUT2D eigenvalue weighted by molar-refractivity contribution is 5.94. The van der Waals surface area contributed by atoms with Gasteiger partial charge in [0, 0.05) is 0 Å². The van der Waals surface area contributed by atoms with Gasteiger partial charge >= 0.3 is 18.0 Å². The van der Waals surface area contributed by atoms with E-state index in [0.29, 0.717) is 6.42 Å². The molecule has 3 N–H and O–H groups in total. The van der Waals surface area contributed by atoms with Crippen LogP contribution < -0.4 is 16.0 Å². The fraction of sp³-hybridized carbons (Fsp3) is 0.621. The number of unbranched alkanes of at least 4 members (excludes halogenated alkanes) is 1. The number of benzene rings is 1. The van der Waals surface area contributed by atoms with E-state index in [1.54, 1.807) is 20.8 Å². The van der Waals surface area contributed by atoms with E-state index in [1.165, 1.54) is 0 Å². The first-order chi connectivity index (χ1) is 19.0. The quantitative estimate of drug-likeness (QED) is 0.149. The van der Waals surface area contributed by atoms with Gasteiger partial charge in [0.05, 0.1) is 19.6 Å². The lowest BCUT2D eigenvalue weighted by Gasteiger charge is -2.27. The molecule has 0 aliphatic heterocycles. The Morgan fingerprint density at radius 1 is 0.800 bits per heavy atom. The van der Waals surface area contributed by atoms with Crippen molar-refractivity contribution in [3.8, 4) is 0 Å². The molecule has 0 saturated heterocycles. The molecule has 0 saturated carbocycles. The van der Waals surface area contributed by atoms with Crippen LogP contribution in [-0.2, 0) is 40.0 Å². The molecule has 0 radical (unpaired) electrons.